The van der Waals surface area contributed by atoms with Gasteiger partial charge in [0, 0.05) is 49.4 Å². The molecule has 0 bridgehead atoms. The van der Waals surface area contributed by atoms with E-state index in [-0.39, 0.29) is 38.0 Å². The molecule has 11 aromatic rings. The Morgan fingerprint density at radius 3 is 1.55 bits per heavy atom. The molecule has 0 unspecified atom stereocenters. The summed E-state index contributed by atoms with van der Waals surface area (Å²) >= 11 is 0. The van der Waals surface area contributed by atoms with E-state index >= 15 is 0 Å². The van der Waals surface area contributed by atoms with E-state index in [1.54, 1.807) is 24.3 Å². The highest BCUT2D eigenvalue weighted by atomic mass is 15.0. The maximum absolute atomic E-state index is 10.0. The molecule has 0 fully saturated rings. The Balaban J connectivity index is 1.39. The van der Waals surface area contributed by atoms with Gasteiger partial charge in [-0.05, 0) is 83.7 Å². The fraction of sp³-hybridized carbons (Fsp3) is 0. The van der Waals surface area contributed by atoms with Crippen LogP contribution in [-0.4, -0.2) is 13.7 Å². The Morgan fingerprint density at radius 1 is 0.314 bits per heavy atom. The van der Waals surface area contributed by atoms with Crippen molar-refractivity contribution in [3.8, 4) is 28.2 Å². The molecule has 3 heterocycles. The van der Waals surface area contributed by atoms with Crippen LogP contribution in [-0.2, 0) is 0 Å². The normalized spacial score (nSPS) is 17.7. The zero-order valence-electron chi connectivity index (χ0n) is 47.1. The molecule has 0 aliphatic heterocycles. The average Bonchev–Trinajstić information content (AvgIpc) is 4.04. The van der Waals surface area contributed by atoms with Gasteiger partial charge in [0.15, 0.2) is 0 Å². The zero-order chi connectivity index (χ0) is 51.7. The number of aromatic nitrogens is 3. The Morgan fingerprint density at radius 2 is 0.843 bits per heavy atom. The van der Waals surface area contributed by atoms with Gasteiger partial charge in [0.05, 0.1) is 61.9 Å². The minimum absolute atomic E-state index is 0.132. The van der Waals surface area contributed by atoms with E-state index in [0.717, 1.165) is 26.3 Å². The van der Waals surface area contributed by atoms with Crippen molar-refractivity contribution in [3.05, 3.63) is 188 Å². The van der Waals surface area contributed by atoms with Crippen LogP contribution in [0.4, 0.5) is 0 Å². The Kier molecular flexibility index (Phi) is 3.09. The fourth-order valence-electron chi connectivity index (χ4n) is 6.99. The maximum Gasteiger partial charge on any atom is 0.0652 e. The first-order valence-corrected chi connectivity index (χ1v) is 15.8. The molecule has 3 aromatic heterocycles. The van der Waals surface area contributed by atoms with E-state index in [0.29, 0.717) is 5.69 Å². The third-order valence-electron chi connectivity index (χ3n) is 9.11. The lowest BCUT2D eigenvalue weighted by Crippen LogP contribution is -1.96. The number of benzene rings is 8. The lowest BCUT2D eigenvalue weighted by atomic mass is 10.1. The summed E-state index contributed by atoms with van der Waals surface area (Å²) in [6, 6.07) is 2.34. The third-order valence-corrected chi connectivity index (χ3v) is 9.11. The van der Waals surface area contributed by atoms with Crippen LogP contribution in [0.15, 0.2) is 188 Å². The number of hydrogen-bond donors (Lipinski definition) is 0. The van der Waals surface area contributed by atoms with Gasteiger partial charge in [-0.1, -0.05) is 115 Å². The van der Waals surface area contributed by atoms with Crippen LogP contribution in [0, 0.1) is 0 Å². The molecule has 3 heteroatoms. The van der Waals surface area contributed by atoms with Gasteiger partial charge in [-0.25, -0.2) is 0 Å². The summed E-state index contributed by atoms with van der Waals surface area (Å²) in [6.07, 6.45) is 0. The van der Waals surface area contributed by atoms with E-state index in [1.807, 2.05) is 30.3 Å². The number of rotatable bonds is 4. The van der Waals surface area contributed by atoms with E-state index in [1.165, 1.54) is 4.57 Å². The Bertz CT molecular complexity index is 4300. The third kappa shape index (κ3) is 4.06. The first-order valence-electron chi connectivity index (χ1n) is 26.3. The number of para-hydroxylation sites is 4. The molecule has 0 radical (unpaired) electrons. The van der Waals surface area contributed by atoms with Crippen LogP contribution in [0.25, 0.3) is 93.6 Å². The number of hydrogen-bond acceptors (Lipinski definition) is 0. The molecule has 0 saturated heterocycles. The summed E-state index contributed by atoms with van der Waals surface area (Å²) in [5.74, 6) is 0. The molecular weight excluding hydrogens is 619 g/mol. The molecule has 3 nitrogen and oxygen atoms in total. The Hall–Kier alpha value is -6.84. The summed E-state index contributed by atoms with van der Waals surface area (Å²) in [5, 5.41) is -1.58. The summed E-state index contributed by atoms with van der Waals surface area (Å²) < 4.78 is 195. The van der Waals surface area contributed by atoms with Crippen molar-refractivity contribution in [2.24, 2.45) is 0 Å². The minimum atomic E-state index is -0.881. The molecule has 0 aliphatic carbocycles. The smallest absolute Gasteiger partial charge is 0.0652 e. The molecule has 8 aromatic carbocycles. The van der Waals surface area contributed by atoms with Crippen LogP contribution in [0.2, 0.25) is 0 Å². The first kappa shape index (κ1) is 14.6. The SMILES string of the molecule is [2H]c1cc([2H])c2c3c([2H])c(-n4c5c([2H])c([2H])c([2H])c([2H])c5c5c6c7c([2H])c([2H])c([2H])c([2H])c7n(-c7ccc(-c8ccccc8)cc7)c6c([2H])c([2H])c54)c([2H])c([2H])c3n(-c3c([2H])c([2H])c([2H])c([2H])c3[2H])c2c1[2H]. The van der Waals surface area contributed by atoms with E-state index in [4.69, 9.17) is 16.4 Å². The van der Waals surface area contributed by atoms with Crippen molar-refractivity contribution in [1.29, 1.82) is 0 Å². The fourth-order valence-corrected chi connectivity index (χ4v) is 6.99. The molecule has 0 spiro atoms. The largest absolute Gasteiger partial charge is 0.309 e. The predicted molar refractivity (Wildman–Crippen MR) is 215 cm³/mol. The van der Waals surface area contributed by atoms with Gasteiger partial charge in [0.1, 0.15) is 0 Å². The molecule has 0 atom stereocenters. The second kappa shape index (κ2) is 10.8. The monoisotopic (exact) mass is 670 g/mol. The van der Waals surface area contributed by atoms with Gasteiger partial charge in [-0.3, -0.25) is 0 Å². The van der Waals surface area contributed by atoms with Gasteiger partial charge < -0.3 is 13.7 Å². The second-order valence-electron chi connectivity index (χ2n) is 11.8. The van der Waals surface area contributed by atoms with Gasteiger partial charge in [-0.15, -0.1) is 0 Å². The summed E-state index contributed by atoms with van der Waals surface area (Å²) in [4.78, 5) is 0. The van der Waals surface area contributed by atoms with Gasteiger partial charge in [-0.2, -0.15) is 0 Å². The Labute approximate surface area is 324 Å². The van der Waals surface area contributed by atoms with Crippen molar-refractivity contribution in [2.45, 2.75) is 0 Å². The molecule has 0 saturated carbocycles. The van der Waals surface area contributed by atoms with E-state index in [9.17, 15) is 12.3 Å². The summed E-state index contributed by atoms with van der Waals surface area (Å²) in [5.41, 5.74) is -1.35. The van der Waals surface area contributed by atoms with Crippen LogP contribution in [0.5, 0.6) is 0 Å². The van der Waals surface area contributed by atoms with Crippen molar-refractivity contribution in [2.75, 3.05) is 0 Å². The van der Waals surface area contributed by atoms with Crippen LogP contribution in [0.3, 0.4) is 0 Å². The highest BCUT2D eigenvalue weighted by Gasteiger charge is 2.21. The lowest BCUT2D eigenvalue weighted by molar-refractivity contribution is 1.16. The quantitative estimate of drug-likeness (QED) is 0.177. The van der Waals surface area contributed by atoms with Crippen LogP contribution in [0.1, 0.15) is 28.8 Å². The lowest BCUT2D eigenvalue weighted by Gasteiger charge is -2.11. The van der Waals surface area contributed by atoms with Gasteiger partial charge in [0.2, 0.25) is 0 Å². The predicted octanol–water partition coefficient (Wildman–Crippen LogP) is 12.6. The average molecular weight is 671 g/mol. The van der Waals surface area contributed by atoms with Crippen molar-refractivity contribution in [1.82, 2.24) is 13.7 Å². The van der Waals surface area contributed by atoms with E-state index in [2.05, 4.69) is 0 Å². The van der Waals surface area contributed by atoms with Crippen molar-refractivity contribution < 1.29 is 28.8 Å². The van der Waals surface area contributed by atoms with E-state index < -0.39 is 166 Å². The molecule has 0 N–H and O–H groups in total. The van der Waals surface area contributed by atoms with Gasteiger partial charge in [0.25, 0.3) is 0 Å². The summed E-state index contributed by atoms with van der Waals surface area (Å²) in [6.45, 7) is 0. The first-order chi connectivity index (χ1) is 34.1. The van der Waals surface area contributed by atoms with Crippen molar-refractivity contribution in [3.63, 3.8) is 0 Å². The van der Waals surface area contributed by atoms with Crippen LogP contribution >= 0.6 is 0 Å². The van der Waals surface area contributed by atoms with Crippen LogP contribution < -0.4 is 0 Å². The standard InChI is InChI=1S/C48H31N3/c1-3-13-32(14-4-1)33-23-25-35(26-24-33)50-42-21-11-8-18-38(42)47-45(50)29-30-46-48(47)39-19-9-12-22-43(39)51(46)36-27-28-44-40(31-36)37-17-7-10-20-41(37)49(44)34-15-5-2-6-16-34/h1-31H/i2D,5D,6D,8D,9D,10D,11D,12D,15D,16D,17D,18D,19D,20D,21D,22D,27D,28D,29D,30D,31D. The molecule has 51 heavy (non-hydrogen) atoms. The summed E-state index contributed by atoms with van der Waals surface area (Å²) in [7, 11) is 0. The zero-order valence-corrected chi connectivity index (χ0v) is 26.1. The molecule has 0 aliphatic rings. The minimum Gasteiger partial charge on any atom is -0.309 e. The van der Waals surface area contributed by atoms with Gasteiger partial charge >= 0.3 is 0 Å². The number of fused-ring (bicyclic) bond motifs is 10. The highest BCUT2D eigenvalue weighted by Crippen LogP contribution is 2.43. The van der Waals surface area contributed by atoms with Crippen molar-refractivity contribution >= 4 is 65.4 Å². The highest BCUT2D eigenvalue weighted by molar-refractivity contribution is 6.29. The molecular formula is C48H31N3. The topological polar surface area (TPSA) is 14.8 Å². The maximum atomic E-state index is 10.0. The molecule has 0 amide bonds. The second-order valence-corrected chi connectivity index (χ2v) is 11.8. The molecule has 238 valence electrons. The molecule has 11 rings (SSSR count). The number of nitrogens with zero attached hydrogens (tertiary/aromatic N) is 3.